The molecule has 0 aliphatic rings. The summed E-state index contributed by atoms with van der Waals surface area (Å²) in [6.45, 7) is 2.39. The molecule has 3 N–H and O–H groups in total. The monoisotopic (exact) mass is 355 g/mol. The highest BCUT2D eigenvalue weighted by molar-refractivity contribution is 7.89. The molecule has 2 aromatic heterocycles. The highest BCUT2D eigenvalue weighted by atomic mass is 32.2. The van der Waals surface area contributed by atoms with Gasteiger partial charge in [-0.3, -0.25) is 4.98 Å². The van der Waals surface area contributed by atoms with Gasteiger partial charge >= 0.3 is 0 Å². The molecule has 0 aliphatic heterocycles. The number of primary sulfonamides is 1. The molecule has 0 atom stereocenters. The predicted octanol–water partition coefficient (Wildman–Crippen LogP) is 2.11. The van der Waals surface area contributed by atoms with Crippen LogP contribution in [0.3, 0.4) is 0 Å². The summed E-state index contributed by atoms with van der Waals surface area (Å²) in [7, 11) is -3.68. The zero-order chi connectivity index (χ0) is 17.9. The van der Waals surface area contributed by atoms with Crippen LogP contribution in [0.2, 0.25) is 0 Å². The fourth-order valence-corrected chi connectivity index (χ4v) is 2.79. The van der Waals surface area contributed by atoms with Crippen LogP contribution in [0.15, 0.2) is 59.8 Å². The molecule has 1 aromatic carbocycles. The Morgan fingerprint density at radius 1 is 1.12 bits per heavy atom. The molecule has 3 aromatic rings. The Labute approximate surface area is 146 Å². The van der Waals surface area contributed by atoms with Crippen LogP contribution >= 0.6 is 0 Å². The number of anilines is 1. The molecule has 0 aliphatic carbocycles. The van der Waals surface area contributed by atoms with Crippen LogP contribution in [0.4, 0.5) is 5.82 Å². The number of hydrogen-bond donors (Lipinski definition) is 2. The third-order valence-corrected chi connectivity index (χ3v) is 4.43. The molecule has 0 saturated carbocycles. The molecule has 0 bridgehead atoms. The average molecular weight is 355 g/mol. The Balaban J connectivity index is 1.76. The van der Waals surface area contributed by atoms with E-state index in [2.05, 4.69) is 20.3 Å². The number of sulfonamides is 1. The largest absolute Gasteiger partial charge is 0.366 e. The molecule has 2 heterocycles. The van der Waals surface area contributed by atoms with Crippen molar-refractivity contribution in [2.24, 2.45) is 5.14 Å². The zero-order valence-electron chi connectivity index (χ0n) is 13.5. The van der Waals surface area contributed by atoms with Gasteiger partial charge < -0.3 is 5.32 Å². The molecular formula is C17H17N5O2S. The summed E-state index contributed by atoms with van der Waals surface area (Å²) in [5.74, 6) is 1.28. The second-order valence-electron chi connectivity index (χ2n) is 5.50. The van der Waals surface area contributed by atoms with Crippen molar-refractivity contribution in [3.63, 3.8) is 0 Å². The first kappa shape index (κ1) is 17.0. The Bertz CT molecular complexity index is 974. The minimum absolute atomic E-state index is 0.0907. The summed E-state index contributed by atoms with van der Waals surface area (Å²) in [5.41, 5.74) is 2.58. The Morgan fingerprint density at radius 2 is 1.88 bits per heavy atom. The van der Waals surface area contributed by atoms with Crippen molar-refractivity contribution >= 4 is 15.8 Å². The fourth-order valence-electron chi connectivity index (χ4n) is 2.27. The number of pyridine rings is 1. The van der Waals surface area contributed by atoms with Crippen molar-refractivity contribution in [2.75, 3.05) is 5.32 Å². The van der Waals surface area contributed by atoms with E-state index in [4.69, 9.17) is 5.14 Å². The van der Waals surface area contributed by atoms with Crippen molar-refractivity contribution in [3.05, 3.63) is 66.1 Å². The van der Waals surface area contributed by atoms with Gasteiger partial charge in [0.1, 0.15) is 5.82 Å². The fraction of sp³-hybridized carbons (Fsp3) is 0.118. The molecule has 128 valence electrons. The van der Waals surface area contributed by atoms with Gasteiger partial charge in [0.05, 0.1) is 4.90 Å². The smallest absolute Gasteiger partial charge is 0.238 e. The van der Waals surface area contributed by atoms with Crippen molar-refractivity contribution in [1.82, 2.24) is 15.0 Å². The van der Waals surface area contributed by atoms with Gasteiger partial charge in [-0.2, -0.15) is 0 Å². The number of aryl methyl sites for hydroxylation is 1. The van der Waals surface area contributed by atoms with Crippen LogP contribution in [0, 0.1) is 6.92 Å². The summed E-state index contributed by atoms with van der Waals surface area (Å²) in [4.78, 5) is 13.1. The van der Waals surface area contributed by atoms with E-state index >= 15 is 0 Å². The summed E-state index contributed by atoms with van der Waals surface area (Å²) >= 11 is 0. The van der Waals surface area contributed by atoms with Crippen LogP contribution < -0.4 is 10.5 Å². The standard InChI is InChI=1S/C17H17N5O2S/c1-12-9-16(22-17(21-12)14-3-2-8-19-11-14)20-10-13-4-6-15(7-5-13)25(18,23)24/h2-9,11H,10H2,1H3,(H2,18,23,24)(H,20,21,22). The zero-order valence-corrected chi connectivity index (χ0v) is 14.4. The van der Waals surface area contributed by atoms with Crippen molar-refractivity contribution in [2.45, 2.75) is 18.4 Å². The van der Waals surface area contributed by atoms with E-state index in [1.807, 2.05) is 25.1 Å². The van der Waals surface area contributed by atoms with Gasteiger partial charge in [0.15, 0.2) is 5.82 Å². The lowest BCUT2D eigenvalue weighted by atomic mass is 10.2. The highest BCUT2D eigenvalue weighted by Gasteiger charge is 2.08. The average Bonchev–Trinajstić information content (AvgIpc) is 2.60. The molecule has 0 radical (unpaired) electrons. The third-order valence-electron chi connectivity index (χ3n) is 3.50. The second-order valence-corrected chi connectivity index (χ2v) is 7.06. The van der Waals surface area contributed by atoms with E-state index in [0.717, 1.165) is 16.8 Å². The molecular weight excluding hydrogens is 338 g/mol. The van der Waals surface area contributed by atoms with Gasteiger partial charge in [-0.15, -0.1) is 0 Å². The SMILES string of the molecule is Cc1cc(NCc2ccc(S(N)(=O)=O)cc2)nc(-c2cccnc2)n1. The van der Waals surface area contributed by atoms with E-state index in [1.165, 1.54) is 12.1 Å². The number of nitrogens with zero attached hydrogens (tertiary/aromatic N) is 3. The van der Waals surface area contributed by atoms with Crippen LogP contribution in [0.1, 0.15) is 11.3 Å². The molecule has 25 heavy (non-hydrogen) atoms. The molecule has 0 saturated heterocycles. The number of rotatable bonds is 5. The molecule has 7 nitrogen and oxygen atoms in total. The van der Waals surface area contributed by atoms with Gasteiger partial charge in [0, 0.05) is 36.3 Å². The molecule has 0 amide bonds. The van der Waals surface area contributed by atoms with Gasteiger partial charge in [0.2, 0.25) is 10.0 Å². The first-order chi connectivity index (χ1) is 11.9. The minimum atomic E-state index is -3.68. The molecule has 0 spiro atoms. The quantitative estimate of drug-likeness (QED) is 0.725. The minimum Gasteiger partial charge on any atom is -0.366 e. The van der Waals surface area contributed by atoms with Crippen molar-refractivity contribution < 1.29 is 8.42 Å². The van der Waals surface area contributed by atoms with Gasteiger partial charge in [-0.25, -0.2) is 23.5 Å². The summed E-state index contributed by atoms with van der Waals surface area (Å²) in [6, 6.07) is 12.0. The first-order valence-electron chi connectivity index (χ1n) is 7.53. The van der Waals surface area contributed by atoms with Crippen molar-refractivity contribution in [3.8, 4) is 11.4 Å². The molecule has 3 rings (SSSR count). The van der Waals surface area contributed by atoms with Crippen molar-refractivity contribution in [1.29, 1.82) is 0 Å². The topological polar surface area (TPSA) is 111 Å². The number of nitrogens with one attached hydrogen (secondary N) is 1. The van der Waals surface area contributed by atoms with E-state index in [0.29, 0.717) is 18.2 Å². The molecule has 0 fully saturated rings. The lowest BCUT2D eigenvalue weighted by Crippen LogP contribution is -2.12. The first-order valence-corrected chi connectivity index (χ1v) is 9.08. The van der Waals surface area contributed by atoms with Gasteiger partial charge in [-0.05, 0) is 36.8 Å². The van der Waals surface area contributed by atoms with E-state index in [9.17, 15) is 8.42 Å². The summed E-state index contributed by atoms with van der Waals surface area (Å²) in [6.07, 6.45) is 3.41. The second kappa shape index (κ2) is 6.96. The summed E-state index contributed by atoms with van der Waals surface area (Å²) < 4.78 is 22.5. The number of nitrogens with two attached hydrogens (primary N) is 1. The lowest BCUT2D eigenvalue weighted by Gasteiger charge is -2.09. The Morgan fingerprint density at radius 3 is 2.52 bits per heavy atom. The molecule has 8 heteroatoms. The van der Waals surface area contributed by atoms with Gasteiger partial charge in [0.25, 0.3) is 0 Å². The van der Waals surface area contributed by atoms with E-state index < -0.39 is 10.0 Å². The Kier molecular flexibility index (Phi) is 4.73. The Hall–Kier alpha value is -2.84. The normalized spacial score (nSPS) is 11.3. The number of hydrogen-bond acceptors (Lipinski definition) is 6. The van der Waals surface area contributed by atoms with E-state index in [1.54, 1.807) is 24.5 Å². The van der Waals surface area contributed by atoms with Crippen LogP contribution in [0.5, 0.6) is 0 Å². The number of benzene rings is 1. The van der Waals surface area contributed by atoms with Crippen LogP contribution in [-0.4, -0.2) is 23.4 Å². The molecule has 0 unspecified atom stereocenters. The lowest BCUT2D eigenvalue weighted by molar-refractivity contribution is 0.598. The third kappa shape index (κ3) is 4.37. The van der Waals surface area contributed by atoms with Crippen LogP contribution in [0.25, 0.3) is 11.4 Å². The predicted molar refractivity (Wildman–Crippen MR) is 95.1 cm³/mol. The maximum Gasteiger partial charge on any atom is 0.238 e. The highest BCUT2D eigenvalue weighted by Crippen LogP contribution is 2.17. The van der Waals surface area contributed by atoms with E-state index in [-0.39, 0.29) is 4.90 Å². The number of aromatic nitrogens is 3. The summed E-state index contributed by atoms with van der Waals surface area (Å²) in [5, 5.41) is 8.31. The maximum absolute atomic E-state index is 11.3. The van der Waals surface area contributed by atoms with Crippen LogP contribution in [-0.2, 0) is 16.6 Å². The maximum atomic E-state index is 11.3. The van der Waals surface area contributed by atoms with Gasteiger partial charge in [-0.1, -0.05) is 12.1 Å².